The number of hydrogen-bond donors (Lipinski definition) is 3. The first-order chi connectivity index (χ1) is 16.2. The zero-order valence-electron chi connectivity index (χ0n) is 21.0. The first kappa shape index (κ1) is 28.0. The number of carbonyl (C=O) groups excluding carboxylic acids is 2. The van der Waals surface area contributed by atoms with Gasteiger partial charge in [-0.05, 0) is 37.1 Å². The van der Waals surface area contributed by atoms with Gasteiger partial charge in [-0.15, -0.1) is 12.3 Å². The minimum absolute atomic E-state index is 0.0819. The Morgan fingerprint density at radius 1 is 1.24 bits per heavy atom. The van der Waals surface area contributed by atoms with Crippen LogP contribution in [0.5, 0.6) is 0 Å². The molecular weight excluding hydrogens is 426 g/mol. The van der Waals surface area contributed by atoms with Crippen molar-refractivity contribution >= 4 is 17.6 Å². The molecule has 0 aliphatic carbocycles. The summed E-state index contributed by atoms with van der Waals surface area (Å²) in [5, 5.41) is 12.8. The Morgan fingerprint density at radius 2 is 1.88 bits per heavy atom. The van der Waals surface area contributed by atoms with Crippen LogP contribution in [0.15, 0.2) is 60.2 Å². The molecular formula is C27H35N5O2. The Bertz CT molecular complexity index is 1080. The van der Waals surface area contributed by atoms with Crippen molar-refractivity contribution in [2.24, 2.45) is 0 Å². The summed E-state index contributed by atoms with van der Waals surface area (Å²) in [7, 11) is 6.93. The number of hydrogen-bond acceptors (Lipinski definition) is 4. The quantitative estimate of drug-likeness (QED) is 0.403. The number of benzene rings is 1. The van der Waals surface area contributed by atoms with E-state index in [9.17, 15) is 9.59 Å². The molecule has 0 atom stereocenters. The van der Waals surface area contributed by atoms with Crippen LogP contribution in [0.3, 0.4) is 0 Å². The second-order valence-corrected chi connectivity index (χ2v) is 7.75. The minimum Gasteiger partial charge on any atom is -0.371 e. The summed E-state index contributed by atoms with van der Waals surface area (Å²) >= 11 is 0. The highest BCUT2D eigenvalue weighted by molar-refractivity contribution is 5.94. The number of amides is 2. The second kappa shape index (κ2) is 14.2. The van der Waals surface area contributed by atoms with Gasteiger partial charge in [-0.25, -0.2) is 0 Å². The number of aromatic amines is 1. The maximum atomic E-state index is 11.4. The Kier molecular flexibility index (Phi) is 11.7. The zero-order chi connectivity index (χ0) is 25.7. The molecule has 7 nitrogen and oxygen atoms in total. The van der Waals surface area contributed by atoms with E-state index < -0.39 is 0 Å². The molecule has 2 aromatic rings. The third kappa shape index (κ3) is 8.47. The van der Waals surface area contributed by atoms with E-state index in [0.29, 0.717) is 18.4 Å². The van der Waals surface area contributed by atoms with Crippen LogP contribution >= 0.6 is 0 Å². The van der Waals surface area contributed by atoms with Crippen molar-refractivity contribution in [1.82, 2.24) is 20.4 Å². The molecule has 2 amide bonds. The second-order valence-electron chi connectivity index (χ2n) is 7.75. The van der Waals surface area contributed by atoms with Gasteiger partial charge in [0.2, 0.25) is 5.91 Å². The zero-order valence-corrected chi connectivity index (χ0v) is 21.0. The third-order valence-corrected chi connectivity index (χ3v) is 4.97. The molecule has 0 bridgehead atoms. The van der Waals surface area contributed by atoms with Crippen molar-refractivity contribution in [2.45, 2.75) is 26.7 Å². The van der Waals surface area contributed by atoms with E-state index in [1.807, 2.05) is 51.3 Å². The molecule has 0 aliphatic rings. The first-order valence-electron chi connectivity index (χ1n) is 10.9. The predicted molar refractivity (Wildman–Crippen MR) is 140 cm³/mol. The lowest BCUT2D eigenvalue weighted by atomic mass is 10.1. The van der Waals surface area contributed by atoms with Crippen molar-refractivity contribution in [2.75, 3.05) is 33.5 Å². The van der Waals surface area contributed by atoms with Crippen LogP contribution < -0.4 is 10.6 Å². The number of allylic oxidation sites excluding steroid dienone is 4. The van der Waals surface area contributed by atoms with Crippen LogP contribution in [-0.4, -0.2) is 55.1 Å². The van der Waals surface area contributed by atoms with Gasteiger partial charge in [0.25, 0.3) is 5.91 Å². The largest absolute Gasteiger partial charge is 0.371 e. The summed E-state index contributed by atoms with van der Waals surface area (Å²) in [5.74, 6) is 3.41. The fourth-order valence-corrected chi connectivity index (χ4v) is 2.85. The highest BCUT2D eigenvalue weighted by atomic mass is 16.2. The van der Waals surface area contributed by atoms with Crippen LogP contribution in [0, 0.1) is 19.3 Å². The van der Waals surface area contributed by atoms with E-state index in [2.05, 4.69) is 33.3 Å². The Balaban J connectivity index is 0.000000344. The van der Waals surface area contributed by atoms with E-state index >= 15 is 0 Å². The average molecular weight is 462 g/mol. The summed E-state index contributed by atoms with van der Waals surface area (Å²) in [6, 6.07) is 7.41. The van der Waals surface area contributed by atoms with Gasteiger partial charge in [-0.1, -0.05) is 42.5 Å². The molecule has 0 aliphatic heterocycles. The van der Waals surface area contributed by atoms with Crippen molar-refractivity contribution < 1.29 is 9.59 Å². The van der Waals surface area contributed by atoms with Crippen molar-refractivity contribution in [1.29, 1.82) is 0 Å². The molecule has 0 saturated carbocycles. The number of nitrogens with one attached hydrogen (secondary N) is 3. The van der Waals surface area contributed by atoms with E-state index in [1.165, 1.54) is 0 Å². The highest BCUT2D eigenvalue weighted by Crippen LogP contribution is 2.25. The number of H-pyrrole nitrogens is 1. The van der Waals surface area contributed by atoms with Gasteiger partial charge in [-0.3, -0.25) is 14.7 Å². The van der Waals surface area contributed by atoms with Gasteiger partial charge in [0, 0.05) is 52.2 Å². The molecule has 2 rings (SSSR count). The maximum absolute atomic E-state index is 11.4. The number of aromatic nitrogens is 2. The van der Waals surface area contributed by atoms with Gasteiger partial charge >= 0.3 is 0 Å². The van der Waals surface area contributed by atoms with Gasteiger partial charge in [0.1, 0.15) is 0 Å². The normalized spacial score (nSPS) is 10.7. The van der Waals surface area contributed by atoms with Crippen LogP contribution in [-0.2, 0) is 4.79 Å². The standard InChI is InChI=1S/C14H19NO.C13H16N4O/c1-6-9-13(12(2)3)10-7-8-11-14(16)15(4)5;1-8-11(16-17-12(8)14-2)9-4-6-10(7-5-9)13(18)15-3/h1,7-8,10H,2,9,11H2,3-5H3;4-7H,1-3H3,(H,15,18)(H2,14,16,17)/b8-7-,13-10+;. The monoisotopic (exact) mass is 461 g/mol. The average Bonchev–Trinajstić information content (AvgIpc) is 3.20. The number of nitrogens with zero attached hydrogens (tertiary/aromatic N) is 2. The summed E-state index contributed by atoms with van der Waals surface area (Å²) in [6.07, 6.45) is 11.8. The molecule has 34 heavy (non-hydrogen) atoms. The Hall–Kier alpha value is -4.05. The fraction of sp³-hybridized carbons (Fsp3) is 0.296. The summed E-state index contributed by atoms with van der Waals surface area (Å²) < 4.78 is 0. The smallest absolute Gasteiger partial charge is 0.251 e. The Morgan fingerprint density at radius 3 is 2.35 bits per heavy atom. The molecule has 0 saturated heterocycles. The van der Waals surface area contributed by atoms with Crippen molar-refractivity contribution in [3.05, 3.63) is 71.3 Å². The molecule has 3 N–H and O–H groups in total. The molecule has 1 aromatic heterocycles. The summed E-state index contributed by atoms with van der Waals surface area (Å²) in [5.41, 5.74) is 5.66. The molecule has 1 aromatic carbocycles. The lowest BCUT2D eigenvalue weighted by molar-refractivity contribution is -0.127. The molecule has 1 heterocycles. The van der Waals surface area contributed by atoms with Crippen LogP contribution in [0.1, 0.15) is 35.7 Å². The van der Waals surface area contributed by atoms with Gasteiger partial charge < -0.3 is 15.5 Å². The number of rotatable bonds is 8. The first-order valence-corrected chi connectivity index (χ1v) is 10.9. The highest BCUT2D eigenvalue weighted by Gasteiger charge is 2.10. The number of terminal acetylenes is 1. The van der Waals surface area contributed by atoms with Gasteiger partial charge in [0.15, 0.2) is 5.82 Å². The lowest BCUT2D eigenvalue weighted by Crippen LogP contribution is -2.20. The molecule has 0 fully saturated rings. The third-order valence-electron chi connectivity index (χ3n) is 4.97. The Labute approximate surface area is 203 Å². The minimum atomic E-state index is -0.0844. The van der Waals surface area contributed by atoms with Gasteiger partial charge in [0.05, 0.1) is 5.69 Å². The number of carbonyl (C=O) groups is 2. The summed E-state index contributed by atoms with van der Waals surface area (Å²) in [6.45, 7) is 7.76. The van der Waals surface area contributed by atoms with Crippen LogP contribution in [0.25, 0.3) is 11.3 Å². The van der Waals surface area contributed by atoms with E-state index in [0.717, 1.165) is 33.8 Å². The van der Waals surface area contributed by atoms with Crippen molar-refractivity contribution in [3.63, 3.8) is 0 Å². The number of anilines is 1. The van der Waals surface area contributed by atoms with E-state index in [-0.39, 0.29) is 11.8 Å². The molecule has 180 valence electrons. The fourth-order valence-electron chi connectivity index (χ4n) is 2.85. The molecule has 0 spiro atoms. The predicted octanol–water partition coefficient (Wildman–Crippen LogP) is 4.33. The van der Waals surface area contributed by atoms with Crippen LogP contribution in [0.2, 0.25) is 0 Å². The lowest BCUT2D eigenvalue weighted by Gasteiger charge is -2.06. The van der Waals surface area contributed by atoms with Gasteiger partial charge in [-0.2, -0.15) is 5.10 Å². The molecule has 0 unspecified atom stereocenters. The maximum Gasteiger partial charge on any atom is 0.251 e. The van der Waals surface area contributed by atoms with E-state index in [1.54, 1.807) is 38.2 Å². The summed E-state index contributed by atoms with van der Waals surface area (Å²) in [4.78, 5) is 24.3. The van der Waals surface area contributed by atoms with Crippen molar-refractivity contribution in [3.8, 4) is 23.6 Å². The SMILES string of the molecule is C#CC/C(=C\C=C/CC(=O)N(C)C)C(=C)C.CNC(=O)c1ccc(-c2[nH]nc(NC)c2C)cc1. The van der Waals surface area contributed by atoms with E-state index in [4.69, 9.17) is 6.42 Å². The molecule has 0 radical (unpaired) electrons. The van der Waals surface area contributed by atoms with Crippen LogP contribution in [0.4, 0.5) is 5.82 Å². The topological polar surface area (TPSA) is 90.1 Å². The molecule has 7 heteroatoms.